The van der Waals surface area contributed by atoms with Crippen molar-refractivity contribution in [2.75, 3.05) is 11.9 Å². The van der Waals surface area contributed by atoms with Gasteiger partial charge in [0.25, 0.3) is 0 Å². The van der Waals surface area contributed by atoms with Gasteiger partial charge in [0.1, 0.15) is 0 Å². The molecule has 0 aliphatic heterocycles. The van der Waals surface area contributed by atoms with E-state index in [2.05, 4.69) is 17.4 Å². The minimum Gasteiger partial charge on any atom is -0.368 e. The van der Waals surface area contributed by atoms with Crippen molar-refractivity contribution in [2.45, 2.75) is 18.6 Å². The van der Waals surface area contributed by atoms with Gasteiger partial charge in [-0.1, -0.05) is 42.5 Å². The maximum atomic E-state index is 6.16. The molecule has 0 heterocycles. The van der Waals surface area contributed by atoms with Crippen molar-refractivity contribution in [3.8, 4) is 0 Å². The molecular weight excluding hydrogens is 248 g/mol. The molecule has 2 aromatic rings. The van der Waals surface area contributed by atoms with Crippen molar-refractivity contribution in [1.82, 2.24) is 0 Å². The molecule has 0 aliphatic carbocycles. The predicted molar refractivity (Wildman–Crippen MR) is 84.2 cm³/mol. The largest absolute Gasteiger partial charge is 0.368 e. The molecule has 2 rings (SSSR count). The highest BCUT2D eigenvalue weighted by molar-refractivity contribution is 5.46. The summed E-state index contributed by atoms with van der Waals surface area (Å²) in [5.41, 5.74) is 21.0. The third-order valence-electron chi connectivity index (χ3n) is 3.29. The fraction of sp³-hybridized carbons (Fsp3) is 0.250. The lowest BCUT2D eigenvalue weighted by molar-refractivity contribution is 0.601. The van der Waals surface area contributed by atoms with Crippen LogP contribution in [0.1, 0.15) is 17.2 Å². The average Bonchev–Trinajstić information content (AvgIpc) is 2.49. The van der Waals surface area contributed by atoms with Gasteiger partial charge in [-0.15, -0.1) is 0 Å². The highest BCUT2D eigenvalue weighted by Gasteiger charge is 2.14. The fourth-order valence-electron chi connectivity index (χ4n) is 2.10. The van der Waals surface area contributed by atoms with Crippen LogP contribution in [0.4, 0.5) is 5.69 Å². The molecule has 0 saturated heterocycles. The third kappa shape index (κ3) is 3.81. The molecule has 2 atom stereocenters. The Labute approximate surface area is 120 Å². The molecule has 1 unspecified atom stereocenters. The molecular formula is C16H22N4. The van der Waals surface area contributed by atoms with E-state index in [4.69, 9.17) is 17.2 Å². The number of nitrogens with one attached hydrogen (secondary N) is 1. The van der Waals surface area contributed by atoms with Crippen LogP contribution in [0.2, 0.25) is 0 Å². The predicted octanol–water partition coefficient (Wildman–Crippen LogP) is 1.58. The Bertz CT molecular complexity index is 510. The van der Waals surface area contributed by atoms with Crippen LogP contribution in [0.25, 0.3) is 0 Å². The average molecular weight is 270 g/mol. The monoisotopic (exact) mass is 270 g/mol. The number of benzene rings is 2. The second kappa shape index (κ2) is 7.05. The Balaban J connectivity index is 1.98. The van der Waals surface area contributed by atoms with Crippen molar-refractivity contribution >= 4 is 5.69 Å². The SMILES string of the molecule is NCCc1ccc(N[C@@H](N)C(N)c2ccccc2)cc1. The standard InChI is InChI=1S/C16H22N4/c17-11-10-12-6-8-14(9-7-12)20-16(19)15(18)13-4-2-1-3-5-13/h1-9,15-16,20H,10-11,17-19H2/t15?,16-/m1/s1. The minimum absolute atomic E-state index is 0.250. The van der Waals surface area contributed by atoms with Gasteiger partial charge in [-0.3, -0.25) is 0 Å². The zero-order chi connectivity index (χ0) is 14.4. The third-order valence-corrected chi connectivity index (χ3v) is 3.29. The summed E-state index contributed by atoms with van der Waals surface area (Å²) in [4.78, 5) is 0. The molecule has 7 N–H and O–H groups in total. The summed E-state index contributed by atoms with van der Waals surface area (Å²) in [5.74, 6) is 0. The summed E-state index contributed by atoms with van der Waals surface area (Å²) in [6.45, 7) is 0.658. The van der Waals surface area contributed by atoms with Crippen LogP contribution in [0.5, 0.6) is 0 Å². The lowest BCUT2D eigenvalue weighted by atomic mass is 10.1. The van der Waals surface area contributed by atoms with Crippen LogP contribution in [-0.4, -0.2) is 12.7 Å². The summed E-state index contributed by atoms with van der Waals surface area (Å²) >= 11 is 0. The molecule has 0 fully saturated rings. The molecule has 0 saturated carbocycles. The van der Waals surface area contributed by atoms with Crippen LogP contribution < -0.4 is 22.5 Å². The molecule has 0 radical (unpaired) electrons. The molecule has 0 spiro atoms. The first-order valence-electron chi connectivity index (χ1n) is 6.82. The van der Waals surface area contributed by atoms with Gasteiger partial charge in [-0.05, 0) is 36.2 Å². The Morgan fingerprint density at radius 1 is 0.900 bits per heavy atom. The number of rotatable bonds is 6. The zero-order valence-electron chi connectivity index (χ0n) is 11.5. The summed E-state index contributed by atoms with van der Waals surface area (Å²) < 4.78 is 0. The highest BCUT2D eigenvalue weighted by atomic mass is 15.1. The number of nitrogens with two attached hydrogens (primary N) is 3. The fourth-order valence-corrected chi connectivity index (χ4v) is 2.10. The maximum absolute atomic E-state index is 6.16. The van der Waals surface area contributed by atoms with Crippen molar-refractivity contribution in [3.05, 3.63) is 65.7 Å². The lowest BCUT2D eigenvalue weighted by Gasteiger charge is -2.22. The zero-order valence-corrected chi connectivity index (χ0v) is 11.5. The smallest absolute Gasteiger partial charge is 0.0940 e. The van der Waals surface area contributed by atoms with E-state index in [1.807, 2.05) is 42.5 Å². The van der Waals surface area contributed by atoms with Gasteiger partial charge >= 0.3 is 0 Å². The van der Waals surface area contributed by atoms with E-state index in [1.54, 1.807) is 0 Å². The first-order valence-corrected chi connectivity index (χ1v) is 6.82. The minimum atomic E-state index is -0.335. The quantitative estimate of drug-likeness (QED) is 0.600. The molecule has 0 aliphatic rings. The lowest BCUT2D eigenvalue weighted by Crippen LogP contribution is -2.40. The van der Waals surface area contributed by atoms with E-state index in [0.29, 0.717) is 6.54 Å². The van der Waals surface area contributed by atoms with Crippen molar-refractivity contribution < 1.29 is 0 Å². The van der Waals surface area contributed by atoms with Crippen LogP contribution in [-0.2, 0) is 6.42 Å². The van der Waals surface area contributed by atoms with E-state index < -0.39 is 0 Å². The first kappa shape index (κ1) is 14.5. The molecule has 0 aromatic heterocycles. The Kier molecular flexibility index (Phi) is 5.12. The van der Waals surface area contributed by atoms with Gasteiger partial charge in [-0.25, -0.2) is 0 Å². The van der Waals surface area contributed by atoms with Crippen LogP contribution in [0, 0.1) is 0 Å². The molecule has 20 heavy (non-hydrogen) atoms. The summed E-state index contributed by atoms with van der Waals surface area (Å²) in [5, 5.41) is 3.23. The van der Waals surface area contributed by atoms with Crippen molar-refractivity contribution in [2.24, 2.45) is 17.2 Å². The van der Waals surface area contributed by atoms with Crippen LogP contribution in [0.15, 0.2) is 54.6 Å². The summed E-state index contributed by atoms with van der Waals surface area (Å²) in [6, 6.07) is 17.7. The van der Waals surface area contributed by atoms with E-state index in [1.165, 1.54) is 5.56 Å². The molecule has 4 nitrogen and oxygen atoms in total. The van der Waals surface area contributed by atoms with Gasteiger partial charge in [0.15, 0.2) is 0 Å². The van der Waals surface area contributed by atoms with Gasteiger partial charge in [0, 0.05) is 5.69 Å². The molecule has 4 heteroatoms. The van der Waals surface area contributed by atoms with Crippen LogP contribution >= 0.6 is 0 Å². The number of hydrogen-bond acceptors (Lipinski definition) is 4. The van der Waals surface area contributed by atoms with Gasteiger partial charge in [-0.2, -0.15) is 0 Å². The van der Waals surface area contributed by atoms with Crippen molar-refractivity contribution in [1.29, 1.82) is 0 Å². The molecule has 106 valence electrons. The number of hydrogen-bond donors (Lipinski definition) is 4. The molecule has 2 aromatic carbocycles. The van der Waals surface area contributed by atoms with E-state index >= 15 is 0 Å². The Morgan fingerprint density at radius 3 is 2.15 bits per heavy atom. The van der Waals surface area contributed by atoms with Gasteiger partial charge < -0.3 is 22.5 Å². The van der Waals surface area contributed by atoms with Gasteiger partial charge in [0.2, 0.25) is 0 Å². The Hall–Kier alpha value is -1.88. The maximum Gasteiger partial charge on any atom is 0.0940 e. The van der Waals surface area contributed by atoms with E-state index in [0.717, 1.165) is 17.7 Å². The Morgan fingerprint density at radius 2 is 1.55 bits per heavy atom. The molecule has 0 bridgehead atoms. The topological polar surface area (TPSA) is 90.1 Å². The normalized spacial score (nSPS) is 13.8. The highest BCUT2D eigenvalue weighted by Crippen LogP contribution is 2.16. The number of anilines is 1. The first-order chi connectivity index (χ1) is 9.70. The van der Waals surface area contributed by atoms with Gasteiger partial charge in [0.05, 0.1) is 12.2 Å². The summed E-state index contributed by atoms with van der Waals surface area (Å²) in [6.07, 6.45) is 0.549. The second-order valence-electron chi connectivity index (χ2n) is 4.84. The molecule has 0 amide bonds. The summed E-state index contributed by atoms with van der Waals surface area (Å²) in [7, 11) is 0. The van der Waals surface area contributed by atoms with E-state index in [9.17, 15) is 0 Å². The van der Waals surface area contributed by atoms with Crippen LogP contribution in [0.3, 0.4) is 0 Å². The second-order valence-corrected chi connectivity index (χ2v) is 4.84. The van der Waals surface area contributed by atoms with E-state index in [-0.39, 0.29) is 12.2 Å². The van der Waals surface area contributed by atoms with Crippen molar-refractivity contribution in [3.63, 3.8) is 0 Å².